The maximum absolute atomic E-state index is 13.1. The normalized spacial score (nSPS) is 10.7. The van der Waals surface area contributed by atoms with Crippen LogP contribution >= 0.6 is 11.6 Å². The standard InChI is InChI=1S/C15H17ClFN3/c1-4-7-18-14-9(2)10(3)19-15(20-14)12-6-5-11(17)8-13(12)16/h5-6,8H,4,7H2,1-3H3,(H,18,19,20). The van der Waals surface area contributed by atoms with Crippen molar-refractivity contribution in [3.8, 4) is 11.4 Å². The van der Waals surface area contributed by atoms with Crippen LogP contribution in [0.3, 0.4) is 0 Å². The van der Waals surface area contributed by atoms with E-state index in [0.717, 1.165) is 30.0 Å². The minimum absolute atomic E-state index is 0.315. The molecule has 2 aromatic rings. The third kappa shape index (κ3) is 3.07. The van der Waals surface area contributed by atoms with Gasteiger partial charge in [0.15, 0.2) is 5.82 Å². The molecular weight excluding hydrogens is 277 g/mol. The number of hydrogen-bond donors (Lipinski definition) is 1. The molecule has 0 aliphatic carbocycles. The molecule has 3 nitrogen and oxygen atoms in total. The lowest BCUT2D eigenvalue weighted by Gasteiger charge is -2.12. The van der Waals surface area contributed by atoms with E-state index in [4.69, 9.17) is 11.6 Å². The Bertz CT molecular complexity index is 629. The van der Waals surface area contributed by atoms with Gasteiger partial charge < -0.3 is 5.32 Å². The van der Waals surface area contributed by atoms with Crippen molar-refractivity contribution in [1.82, 2.24) is 9.97 Å². The number of aromatic nitrogens is 2. The van der Waals surface area contributed by atoms with Crippen LogP contribution in [0.25, 0.3) is 11.4 Å². The first-order valence-electron chi connectivity index (χ1n) is 6.57. The Hall–Kier alpha value is -1.68. The van der Waals surface area contributed by atoms with Crippen molar-refractivity contribution in [3.63, 3.8) is 0 Å². The van der Waals surface area contributed by atoms with E-state index in [-0.39, 0.29) is 5.82 Å². The second-order valence-corrected chi connectivity index (χ2v) is 5.06. The number of anilines is 1. The Morgan fingerprint density at radius 1 is 1.25 bits per heavy atom. The molecule has 1 N–H and O–H groups in total. The molecule has 2 rings (SSSR count). The molecule has 0 unspecified atom stereocenters. The molecule has 0 aliphatic rings. The quantitative estimate of drug-likeness (QED) is 0.909. The lowest BCUT2D eigenvalue weighted by molar-refractivity contribution is 0.628. The van der Waals surface area contributed by atoms with Gasteiger partial charge in [0.1, 0.15) is 11.6 Å². The smallest absolute Gasteiger partial charge is 0.163 e. The van der Waals surface area contributed by atoms with Gasteiger partial charge in [-0.05, 0) is 38.5 Å². The lowest BCUT2D eigenvalue weighted by Crippen LogP contribution is -2.07. The molecule has 20 heavy (non-hydrogen) atoms. The molecule has 1 aromatic heterocycles. The van der Waals surface area contributed by atoms with Crippen molar-refractivity contribution < 1.29 is 4.39 Å². The van der Waals surface area contributed by atoms with E-state index in [0.29, 0.717) is 16.4 Å². The Labute approximate surface area is 123 Å². The fraction of sp³-hybridized carbons (Fsp3) is 0.333. The van der Waals surface area contributed by atoms with Crippen molar-refractivity contribution >= 4 is 17.4 Å². The van der Waals surface area contributed by atoms with E-state index in [2.05, 4.69) is 22.2 Å². The summed E-state index contributed by atoms with van der Waals surface area (Å²) in [7, 11) is 0. The first kappa shape index (κ1) is 14.7. The first-order valence-corrected chi connectivity index (χ1v) is 6.95. The van der Waals surface area contributed by atoms with Crippen molar-refractivity contribution in [1.29, 1.82) is 0 Å². The summed E-state index contributed by atoms with van der Waals surface area (Å²) in [4.78, 5) is 8.95. The molecule has 0 saturated heterocycles. The highest BCUT2D eigenvalue weighted by Crippen LogP contribution is 2.28. The zero-order valence-electron chi connectivity index (χ0n) is 11.8. The maximum atomic E-state index is 13.1. The molecule has 0 fully saturated rings. The zero-order valence-corrected chi connectivity index (χ0v) is 12.6. The van der Waals surface area contributed by atoms with Crippen LogP contribution in [-0.4, -0.2) is 16.5 Å². The van der Waals surface area contributed by atoms with Crippen LogP contribution in [0, 0.1) is 19.7 Å². The summed E-state index contributed by atoms with van der Waals surface area (Å²) in [5.41, 5.74) is 2.53. The predicted molar refractivity (Wildman–Crippen MR) is 80.7 cm³/mol. The lowest BCUT2D eigenvalue weighted by atomic mass is 10.1. The number of hydrogen-bond acceptors (Lipinski definition) is 3. The Morgan fingerprint density at radius 2 is 2.00 bits per heavy atom. The van der Waals surface area contributed by atoms with Crippen LogP contribution in [-0.2, 0) is 0 Å². The second-order valence-electron chi connectivity index (χ2n) is 4.66. The van der Waals surface area contributed by atoms with Crippen LogP contribution < -0.4 is 5.32 Å². The van der Waals surface area contributed by atoms with Gasteiger partial charge in [-0.15, -0.1) is 0 Å². The monoisotopic (exact) mass is 293 g/mol. The van der Waals surface area contributed by atoms with E-state index >= 15 is 0 Å². The summed E-state index contributed by atoms with van der Waals surface area (Å²) in [5, 5.41) is 3.59. The number of nitrogens with zero attached hydrogens (tertiary/aromatic N) is 2. The molecule has 0 aliphatic heterocycles. The first-order chi connectivity index (χ1) is 9.52. The van der Waals surface area contributed by atoms with Crippen LogP contribution in [0.15, 0.2) is 18.2 Å². The predicted octanol–water partition coefficient (Wildman–Crippen LogP) is 4.37. The summed E-state index contributed by atoms with van der Waals surface area (Å²) >= 11 is 6.07. The third-order valence-electron chi connectivity index (χ3n) is 3.10. The highest BCUT2D eigenvalue weighted by Gasteiger charge is 2.12. The minimum Gasteiger partial charge on any atom is -0.370 e. The summed E-state index contributed by atoms with van der Waals surface area (Å²) in [6.07, 6.45) is 1.01. The molecule has 0 atom stereocenters. The van der Waals surface area contributed by atoms with Crippen molar-refractivity contribution in [2.24, 2.45) is 0 Å². The van der Waals surface area contributed by atoms with Gasteiger partial charge >= 0.3 is 0 Å². The van der Waals surface area contributed by atoms with Crippen LogP contribution in [0.1, 0.15) is 24.6 Å². The van der Waals surface area contributed by atoms with Gasteiger partial charge in [-0.25, -0.2) is 14.4 Å². The van der Waals surface area contributed by atoms with Gasteiger partial charge in [-0.2, -0.15) is 0 Å². The molecule has 0 radical (unpaired) electrons. The number of halogens is 2. The average molecular weight is 294 g/mol. The second kappa shape index (κ2) is 6.18. The molecule has 0 amide bonds. The molecule has 0 spiro atoms. The van der Waals surface area contributed by atoms with E-state index in [9.17, 15) is 4.39 Å². The largest absolute Gasteiger partial charge is 0.370 e. The molecule has 1 aromatic carbocycles. The van der Waals surface area contributed by atoms with E-state index in [1.165, 1.54) is 12.1 Å². The Kier molecular flexibility index (Phi) is 4.55. The average Bonchev–Trinajstić information content (AvgIpc) is 2.40. The van der Waals surface area contributed by atoms with Crippen molar-refractivity contribution in [3.05, 3.63) is 40.3 Å². The van der Waals surface area contributed by atoms with Gasteiger partial charge in [-0.3, -0.25) is 0 Å². The van der Waals surface area contributed by atoms with E-state index in [1.54, 1.807) is 6.07 Å². The fourth-order valence-electron chi connectivity index (χ4n) is 1.84. The molecule has 0 saturated carbocycles. The van der Waals surface area contributed by atoms with E-state index in [1.807, 2.05) is 13.8 Å². The number of nitrogens with one attached hydrogen (secondary N) is 1. The number of benzene rings is 1. The summed E-state index contributed by atoms with van der Waals surface area (Å²) in [6.45, 7) is 6.83. The zero-order chi connectivity index (χ0) is 14.7. The molecule has 5 heteroatoms. The molecule has 1 heterocycles. The van der Waals surface area contributed by atoms with E-state index < -0.39 is 0 Å². The summed E-state index contributed by atoms with van der Waals surface area (Å²) < 4.78 is 13.1. The maximum Gasteiger partial charge on any atom is 0.163 e. The van der Waals surface area contributed by atoms with Gasteiger partial charge in [-0.1, -0.05) is 18.5 Å². The van der Waals surface area contributed by atoms with Gasteiger partial charge in [0.05, 0.1) is 5.02 Å². The van der Waals surface area contributed by atoms with Crippen LogP contribution in [0.2, 0.25) is 5.02 Å². The van der Waals surface area contributed by atoms with Crippen LogP contribution in [0.5, 0.6) is 0 Å². The molecule has 0 bridgehead atoms. The van der Waals surface area contributed by atoms with Crippen LogP contribution in [0.4, 0.5) is 10.2 Å². The Morgan fingerprint density at radius 3 is 2.65 bits per heavy atom. The SMILES string of the molecule is CCCNc1nc(-c2ccc(F)cc2Cl)nc(C)c1C. The number of aryl methyl sites for hydroxylation is 1. The van der Waals surface area contributed by atoms with Gasteiger partial charge in [0, 0.05) is 23.4 Å². The topological polar surface area (TPSA) is 37.8 Å². The van der Waals surface area contributed by atoms with Crippen molar-refractivity contribution in [2.75, 3.05) is 11.9 Å². The summed E-state index contributed by atoms with van der Waals surface area (Å²) in [5.74, 6) is 0.943. The van der Waals surface area contributed by atoms with Crippen molar-refractivity contribution in [2.45, 2.75) is 27.2 Å². The van der Waals surface area contributed by atoms with Gasteiger partial charge in [0.25, 0.3) is 0 Å². The third-order valence-corrected chi connectivity index (χ3v) is 3.42. The fourth-order valence-corrected chi connectivity index (χ4v) is 2.09. The molecule has 106 valence electrons. The van der Waals surface area contributed by atoms with Gasteiger partial charge in [0.2, 0.25) is 0 Å². The molecular formula is C15H17ClFN3. The number of rotatable bonds is 4. The summed E-state index contributed by atoms with van der Waals surface area (Å²) in [6, 6.07) is 4.23. The minimum atomic E-state index is -0.369. The highest BCUT2D eigenvalue weighted by atomic mass is 35.5. The Balaban J connectivity index is 2.48. The highest BCUT2D eigenvalue weighted by molar-refractivity contribution is 6.33.